The molecule has 1 aromatic rings. The van der Waals surface area contributed by atoms with E-state index in [4.69, 9.17) is 4.74 Å². The number of halogens is 1. The Morgan fingerprint density at radius 2 is 1.90 bits per heavy atom. The molecule has 1 fully saturated rings. The van der Waals surface area contributed by atoms with Crippen LogP contribution in [0.3, 0.4) is 0 Å². The second-order valence-electron chi connectivity index (χ2n) is 5.91. The zero-order valence-corrected chi connectivity index (χ0v) is 14.6. The lowest BCUT2D eigenvalue weighted by molar-refractivity contribution is 0.274. The number of rotatable bonds is 4. The molecule has 1 aliphatic carbocycles. The second-order valence-corrected chi connectivity index (χ2v) is 6.77. The number of hydrogen-bond acceptors (Lipinski definition) is 2. The van der Waals surface area contributed by atoms with Crippen LogP contribution in [-0.2, 0) is 0 Å². The summed E-state index contributed by atoms with van der Waals surface area (Å²) in [6, 6.07) is 2.55. The van der Waals surface area contributed by atoms with Gasteiger partial charge in [-0.2, -0.15) is 0 Å². The van der Waals surface area contributed by atoms with Crippen molar-refractivity contribution in [3.8, 4) is 5.75 Å². The molecule has 0 radical (unpaired) electrons. The molecule has 2 rings (SSSR count). The smallest absolute Gasteiger partial charge is 0.126 e. The average Bonchev–Trinajstić information content (AvgIpc) is 2.46. The minimum absolute atomic E-state index is 0.390. The molecule has 1 aromatic carbocycles. The van der Waals surface area contributed by atoms with Crippen LogP contribution >= 0.6 is 15.9 Å². The largest absolute Gasteiger partial charge is 0.496 e. The maximum Gasteiger partial charge on any atom is 0.126 e. The molecule has 1 saturated carbocycles. The average molecular weight is 340 g/mol. The molecule has 0 aromatic heterocycles. The topological polar surface area (TPSA) is 21.3 Å². The van der Waals surface area contributed by atoms with E-state index in [2.05, 4.69) is 48.2 Å². The van der Waals surface area contributed by atoms with Gasteiger partial charge in [-0.1, -0.05) is 35.2 Å². The van der Waals surface area contributed by atoms with E-state index in [-0.39, 0.29) is 0 Å². The number of methoxy groups -OCH3 is 1. The van der Waals surface area contributed by atoms with Crippen LogP contribution in [-0.4, -0.2) is 14.2 Å². The summed E-state index contributed by atoms with van der Waals surface area (Å²) >= 11 is 3.70. The molecule has 1 aliphatic rings. The van der Waals surface area contributed by atoms with Crippen molar-refractivity contribution in [1.82, 2.24) is 5.32 Å². The van der Waals surface area contributed by atoms with Gasteiger partial charge < -0.3 is 10.1 Å². The van der Waals surface area contributed by atoms with Gasteiger partial charge in [-0.15, -0.1) is 0 Å². The van der Waals surface area contributed by atoms with E-state index in [0.717, 1.165) is 11.7 Å². The van der Waals surface area contributed by atoms with Gasteiger partial charge in [0.1, 0.15) is 5.75 Å². The summed E-state index contributed by atoms with van der Waals surface area (Å²) in [5, 5.41) is 3.56. The summed E-state index contributed by atoms with van der Waals surface area (Å²) in [5.74, 6) is 1.77. The summed E-state index contributed by atoms with van der Waals surface area (Å²) < 4.78 is 6.91. The summed E-state index contributed by atoms with van der Waals surface area (Å²) in [4.78, 5) is 0. The minimum Gasteiger partial charge on any atom is -0.496 e. The van der Waals surface area contributed by atoms with Gasteiger partial charge in [0, 0.05) is 16.1 Å². The SMILES string of the molecule is CNC(c1c(C)c(Br)cc(C)c1OC)C1CCCCC1. The Balaban J connectivity index is 2.47. The maximum atomic E-state index is 5.72. The zero-order chi connectivity index (χ0) is 14.7. The maximum absolute atomic E-state index is 5.72. The Morgan fingerprint density at radius 1 is 1.25 bits per heavy atom. The quantitative estimate of drug-likeness (QED) is 0.840. The van der Waals surface area contributed by atoms with Gasteiger partial charge in [-0.25, -0.2) is 0 Å². The van der Waals surface area contributed by atoms with E-state index in [1.54, 1.807) is 7.11 Å². The van der Waals surface area contributed by atoms with Crippen LogP contribution in [0.4, 0.5) is 0 Å². The summed E-state index contributed by atoms with van der Waals surface area (Å²) in [6.45, 7) is 4.31. The molecule has 1 unspecified atom stereocenters. The molecule has 0 bridgehead atoms. The molecule has 0 aliphatic heterocycles. The molecule has 0 saturated heterocycles. The summed E-state index contributed by atoms with van der Waals surface area (Å²) in [5.41, 5.74) is 3.85. The number of hydrogen-bond donors (Lipinski definition) is 1. The predicted molar refractivity (Wildman–Crippen MR) is 88.5 cm³/mol. The molecule has 1 atom stereocenters. The first-order chi connectivity index (χ1) is 9.60. The molecule has 2 nitrogen and oxygen atoms in total. The van der Waals surface area contributed by atoms with E-state index in [1.165, 1.54) is 53.3 Å². The highest BCUT2D eigenvalue weighted by Crippen LogP contribution is 2.42. The van der Waals surface area contributed by atoms with E-state index in [1.807, 2.05) is 0 Å². The monoisotopic (exact) mass is 339 g/mol. The first-order valence-electron chi connectivity index (χ1n) is 7.61. The van der Waals surface area contributed by atoms with Crippen LogP contribution in [0.25, 0.3) is 0 Å². The van der Waals surface area contributed by atoms with E-state index in [9.17, 15) is 0 Å². The van der Waals surface area contributed by atoms with Gasteiger partial charge in [-0.3, -0.25) is 0 Å². The minimum atomic E-state index is 0.390. The third kappa shape index (κ3) is 3.04. The number of nitrogens with one attached hydrogen (secondary N) is 1. The van der Waals surface area contributed by atoms with Crippen LogP contribution in [0.2, 0.25) is 0 Å². The van der Waals surface area contributed by atoms with Gasteiger partial charge in [0.05, 0.1) is 7.11 Å². The van der Waals surface area contributed by atoms with Crippen LogP contribution in [0.15, 0.2) is 10.5 Å². The lowest BCUT2D eigenvalue weighted by Crippen LogP contribution is -2.28. The van der Waals surface area contributed by atoms with Gasteiger partial charge >= 0.3 is 0 Å². The third-order valence-electron chi connectivity index (χ3n) is 4.66. The molecule has 3 heteroatoms. The lowest BCUT2D eigenvalue weighted by atomic mass is 9.79. The molecule has 1 N–H and O–H groups in total. The normalized spacial score (nSPS) is 18.1. The third-order valence-corrected chi connectivity index (χ3v) is 5.48. The van der Waals surface area contributed by atoms with Crippen molar-refractivity contribution in [2.45, 2.75) is 52.0 Å². The summed E-state index contributed by atoms with van der Waals surface area (Å²) in [6.07, 6.45) is 6.74. The highest BCUT2D eigenvalue weighted by Gasteiger charge is 2.28. The van der Waals surface area contributed by atoms with Crippen molar-refractivity contribution in [3.63, 3.8) is 0 Å². The fraction of sp³-hybridized carbons (Fsp3) is 0.647. The molecule has 20 heavy (non-hydrogen) atoms. The Hall–Kier alpha value is -0.540. The van der Waals surface area contributed by atoms with E-state index in [0.29, 0.717) is 6.04 Å². The molecule has 0 heterocycles. The highest BCUT2D eigenvalue weighted by atomic mass is 79.9. The van der Waals surface area contributed by atoms with Crippen molar-refractivity contribution in [1.29, 1.82) is 0 Å². The molecule has 0 amide bonds. The zero-order valence-electron chi connectivity index (χ0n) is 13.1. The standard InChI is InChI=1S/C17H26BrNO/c1-11-10-14(18)12(2)15(17(11)20-4)16(19-3)13-8-6-5-7-9-13/h10,13,16,19H,5-9H2,1-4H3. The molecule has 112 valence electrons. The van der Waals surface area contributed by atoms with Crippen molar-refractivity contribution >= 4 is 15.9 Å². The van der Waals surface area contributed by atoms with E-state index >= 15 is 0 Å². The van der Waals surface area contributed by atoms with Gasteiger partial charge in [0.25, 0.3) is 0 Å². The van der Waals surface area contributed by atoms with Crippen LogP contribution in [0.1, 0.15) is 54.8 Å². The first kappa shape index (κ1) is 15.8. The predicted octanol–water partition coefficient (Wildman–Crippen LogP) is 4.92. The van der Waals surface area contributed by atoms with Crippen molar-refractivity contribution in [2.75, 3.05) is 14.2 Å². The van der Waals surface area contributed by atoms with Gasteiger partial charge in [0.2, 0.25) is 0 Å². The Labute approximate surface area is 131 Å². The Kier molecular flexibility index (Phi) is 5.50. The number of aryl methyl sites for hydroxylation is 1. The van der Waals surface area contributed by atoms with Crippen LogP contribution in [0, 0.1) is 19.8 Å². The Morgan fingerprint density at radius 3 is 2.45 bits per heavy atom. The first-order valence-corrected chi connectivity index (χ1v) is 8.40. The second kappa shape index (κ2) is 6.95. The van der Waals surface area contributed by atoms with E-state index < -0.39 is 0 Å². The summed E-state index contributed by atoms with van der Waals surface area (Å²) in [7, 11) is 3.86. The lowest BCUT2D eigenvalue weighted by Gasteiger charge is -2.33. The van der Waals surface area contributed by atoms with Crippen LogP contribution in [0.5, 0.6) is 5.75 Å². The van der Waals surface area contributed by atoms with Crippen LogP contribution < -0.4 is 10.1 Å². The fourth-order valence-electron chi connectivity index (χ4n) is 3.60. The number of benzene rings is 1. The Bertz CT molecular complexity index is 467. The molecule has 0 spiro atoms. The van der Waals surface area contributed by atoms with Gasteiger partial charge in [0.15, 0.2) is 0 Å². The molecular weight excluding hydrogens is 314 g/mol. The van der Waals surface area contributed by atoms with Gasteiger partial charge in [-0.05, 0) is 56.8 Å². The fourth-order valence-corrected chi connectivity index (χ4v) is 4.16. The molecular formula is C17H26BrNO. The number of ether oxygens (including phenoxy) is 1. The highest BCUT2D eigenvalue weighted by molar-refractivity contribution is 9.10. The van der Waals surface area contributed by atoms with Crippen molar-refractivity contribution in [2.24, 2.45) is 5.92 Å². The van der Waals surface area contributed by atoms with Crippen molar-refractivity contribution in [3.05, 3.63) is 27.2 Å². The van der Waals surface area contributed by atoms with Crippen molar-refractivity contribution < 1.29 is 4.74 Å².